The van der Waals surface area contributed by atoms with E-state index in [2.05, 4.69) is 4.74 Å². The smallest absolute Gasteiger partial charge is 0.460 e. The summed E-state index contributed by atoms with van der Waals surface area (Å²) in [6.07, 6.45) is -12.2. The number of carbonyl (C=O) groups is 1. The van der Waals surface area contributed by atoms with Gasteiger partial charge in [-0.3, -0.25) is 0 Å². The van der Waals surface area contributed by atoms with Crippen molar-refractivity contribution in [1.29, 1.82) is 0 Å². The fraction of sp³-hybridized carbons (Fsp3) is 0.462. The monoisotopic (exact) mass is 438 g/mol. The van der Waals surface area contributed by atoms with E-state index in [1.807, 2.05) is 0 Å². The van der Waals surface area contributed by atoms with Crippen LogP contribution in [0.1, 0.15) is 10.4 Å². The molecule has 0 saturated heterocycles. The quantitative estimate of drug-likeness (QED) is 0.599. The first-order valence-corrected chi connectivity index (χ1v) is 6.52. The summed E-state index contributed by atoms with van der Waals surface area (Å²) in [4.78, 5) is 10.5. The average molecular weight is 438 g/mol. The van der Waals surface area contributed by atoms with Gasteiger partial charge in [-0.1, -0.05) is 0 Å². The lowest BCUT2D eigenvalue weighted by molar-refractivity contribution is -0.432. The number of aromatic carboxylic acids is 1. The molecule has 1 atom stereocenters. The highest BCUT2D eigenvalue weighted by atomic mass is 19.4. The Bertz CT molecular complexity index is 710. The number of hydrogen-bond donors (Lipinski definition) is 1. The molecule has 0 amide bonds. The summed E-state index contributed by atoms with van der Waals surface area (Å²) in [5, 5.41) is 8.54. The molecule has 160 valence electrons. The second-order valence-corrected chi connectivity index (χ2v) is 5.11. The summed E-state index contributed by atoms with van der Waals surface area (Å²) >= 11 is 0. The SMILES string of the molecule is O=C(O)c1ccc(OC(F)C(F)(F)C(F)(F)C(F)(F)C(F)(F)C(F)(F)F)cc1. The van der Waals surface area contributed by atoms with E-state index in [1.54, 1.807) is 0 Å². The molecule has 0 bridgehead atoms. The predicted molar refractivity (Wildman–Crippen MR) is 64.8 cm³/mol. The highest BCUT2D eigenvalue weighted by molar-refractivity contribution is 5.87. The van der Waals surface area contributed by atoms with Crippen molar-refractivity contribution in [3.63, 3.8) is 0 Å². The zero-order valence-electron chi connectivity index (χ0n) is 12.7. The summed E-state index contributed by atoms with van der Waals surface area (Å²) < 4.78 is 157. The third-order valence-corrected chi connectivity index (χ3v) is 3.19. The lowest BCUT2D eigenvalue weighted by atomic mass is 9.98. The van der Waals surface area contributed by atoms with E-state index in [9.17, 15) is 57.5 Å². The molecule has 0 aliphatic carbocycles. The van der Waals surface area contributed by atoms with Crippen molar-refractivity contribution in [1.82, 2.24) is 0 Å². The Morgan fingerprint density at radius 1 is 0.786 bits per heavy atom. The molecule has 0 saturated carbocycles. The van der Waals surface area contributed by atoms with Crippen molar-refractivity contribution >= 4 is 5.97 Å². The number of hydrogen-bond acceptors (Lipinski definition) is 2. The van der Waals surface area contributed by atoms with Gasteiger partial charge in [0, 0.05) is 0 Å². The van der Waals surface area contributed by atoms with Crippen LogP contribution in [-0.4, -0.2) is 47.3 Å². The number of alkyl halides is 12. The lowest BCUT2D eigenvalue weighted by Crippen LogP contribution is -2.68. The molecule has 0 fully saturated rings. The highest BCUT2D eigenvalue weighted by Gasteiger charge is 2.88. The Kier molecular flexibility index (Phi) is 5.85. The fourth-order valence-corrected chi connectivity index (χ4v) is 1.60. The minimum atomic E-state index is -7.76. The number of carboxylic acid groups (broad SMARTS) is 1. The molecule has 1 aromatic rings. The maximum Gasteiger partial charge on any atom is 0.460 e. The van der Waals surface area contributed by atoms with Crippen LogP contribution in [0.25, 0.3) is 0 Å². The number of ether oxygens (including phenoxy) is 1. The van der Waals surface area contributed by atoms with Gasteiger partial charge in [0.15, 0.2) is 0 Å². The van der Waals surface area contributed by atoms with E-state index >= 15 is 0 Å². The van der Waals surface area contributed by atoms with Crippen LogP contribution in [0.2, 0.25) is 0 Å². The second kappa shape index (κ2) is 6.92. The molecule has 0 spiro atoms. The van der Waals surface area contributed by atoms with Crippen LogP contribution in [0.15, 0.2) is 24.3 Å². The predicted octanol–water partition coefficient (Wildman–Crippen LogP) is 5.16. The Balaban J connectivity index is 3.21. The molecule has 1 N–H and O–H groups in total. The van der Waals surface area contributed by atoms with Crippen LogP contribution in [0.5, 0.6) is 5.75 Å². The Hall–Kier alpha value is -2.35. The summed E-state index contributed by atoms with van der Waals surface area (Å²) in [5.74, 6) is -32.5. The largest absolute Gasteiger partial charge is 0.478 e. The van der Waals surface area contributed by atoms with E-state index < -0.39 is 53.5 Å². The van der Waals surface area contributed by atoms with Crippen molar-refractivity contribution < 1.29 is 67.3 Å². The third kappa shape index (κ3) is 3.65. The maximum atomic E-state index is 13.4. The summed E-state index contributed by atoms with van der Waals surface area (Å²) in [6, 6.07) is 1.97. The average Bonchev–Trinajstić information content (AvgIpc) is 2.53. The van der Waals surface area contributed by atoms with Gasteiger partial charge < -0.3 is 9.84 Å². The molecule has 1 rings (SSSR count). The second-order valence-electron chi connectivity index (χ2n) is 5.11. The third-order valence-electron chi connectivity index (χ3n) is 3.19. The zero-order chi connectivity index (χ0) is 22.3. The van der Waals surface area contributed by atoms with Crippen LogP contribution >= 0.6 is 0 Å². The van der Waals surface area contributed by atoms with Crippen LogP contribution in [0, 0.1) is 0 Å². The van der Waals surface area contributed by atoms with Gasteiger partial charge in [0.05, 0.1) is 5.56 Å². The number of halogens is 12. The minimum Gasteiger partial charge on any atom is -0.478 e. The van der Waals surface area contributed by atoms with Crippen molar-refractivity contribution in [2.24, 2.45) is 0 Å². The molecular formula is C13H6F12O3. The summed E-state index contributed by atoms with van der Waals surface area (Å²) in [7, 11) is 0. The van der Waals surface area contributed by atoms with E-state index in [0.29, 0.717) is 24.3 Å². The molecule has 0 aromatic heterocycles. The zero-order valence-corrected chi connectivity index (χ0v) is 12.7. The van der Waals surface area contributed by atoms with Gasteiger partial charge in [0.2, 0.25) is 0 Å². The van der Waals surface area contributed by atoms with E-state index in [1.165, 1.54) is 0 Å². The lowest BCUT2D eigenvalue weighted by Gasteiger charge is -2.37. The van der Waals surface area contributed by atoms with Crippen molar-refractivity contribution in [3.05, 3.63) is 29.8 Å². The molecule has 0 aliphatic rings. The first kappa shape index (κ1) is 23.7. The van der Waals surface area contributed by atoms with Gasteiger partial charge in [0.1, 0.15) is 5.75 Å². The molecular weight excluding hydrogens is 432 g/mol. The van der Waals surface area contributed by atoms with Gasteiger partial charge in [-0.25, -0.2) is 4.79 Å². The van der Waals surface area contributed by atoms with Crippen molar-refractivity contribution in [3.8, 4) is 5.75 Å². The molecule has 1 unspecified atom stereocenters. The van der Waals surface area contributed by atoms with Gasteiger partial charge in [-0.05, 0) is 24.3 Å². The molecule has 0 aliphatic heterocycles. The normalized spacial score (nSPS) is 15.3. The van der Waals surface area contributed by atoms with Crippen LogP contribution in [0.3, 0.4) is 0 Å². The van der Waals surface area contributed by atoms with Crippen LogP contribution < -0.4 is 4.74 Å². The van der Waals surface area contributed by atoms with E-state index in [-0.39, 0.29) is 0 Å². The fourth-order valence-electron chi connectivity index (χ4n) is 1.60. The standard InChI is InChI=1S/C13H6F12O3/c14-8(28-6-3-1-5(2-4-6)7(26)27)9(15,16)10(17,18)11(19,20)12(21,22)13(23,24)25/h1-4,8H,(H,26,27). The Labute approximate surface area is 146 Å². The first-order chi connectivity index (χ1) is 12.3. The van der Waals surface area contributed by atoms with Gasteiger partial charge in [-0.15, -0.1) is 0 Å². The molecule has 1 aromatic carbocycles. The maximum absolute atomic E-state index is 13.4. The van der Waals surface area contributed by atoms with Gasteiger partial charge in [-0.2, -0.15) is 52.7 Å². The molecule has 0 heterocycles. The van der Waals surface area contributed by atoms with Gasteiger partial charge >= 0.3 is 42.2 Å². The molecule has 3 nitrogen and oxygen atoms in total. The minimum absolute atomic E-state index is 0.409. The number of benzene rings is 1. The molecule has 15 heteroatoms. The molecule has 28 heavy (non-hydrogen) atoms. The first-order valence-electron chi connectivity index (χ1n) is 6.52. The topological polar surface area (TPSA) is 46.5 Å². The van der Waals surface area contributed by atoms with Crippen LogP contribution in [-0.2, 0) is 0 Å². The van der Waals surface area contributed by atoms with Crippen molar-refractivity contribution in [2.75, 3.05) is 0 Å². The number of rotatable bonds is 7. The highest BCUT2D eigenvalue weighted by Crippen LogP contribution is 2.58. The summed E-state index contributed by atoms with van der Waals surface area (Å²) in [6.45, 7) is 0. The van der Waals surface area contributed by atoms with Crippen molar-refractivity contribution in [2.45, 2.75) is 36.2 Å². The number of carboxylic acids is 1. The van der Waals surface area contributed by atoms with Crippen LogP contribution in [0.4, 0.5) is 52.7 Å². The Morgan fingerprint density at radius 3 is 1.57 bits per heavy atom. The van der Waals surface area contributed by atoms with E-state index in [4.69, 9.17) is 5.11 Å². The van der Waals surface area contributed by atoms with Gasteiger partial charge in [0.25, 0.3) is 0 Å². The molecule has 0 radical (unpaired) electrons. The summed E-state index contributed by atoms with van der Waals surface area (Å²) in [5.41, 5.74) is -0.531. The Morgan fingerprint density at radius 2 is 1.21 bits per heavy atom. The van der Waals surface area contributed by atoms with E-state index in [0.717, 1.165) is 0 Å².